The zero-order valence-corrected chi connectivity index (χ0v) is 15.5. The van der Waals surface area contributed by atoms with E-state index in [0.29, 0.717) is 27.9 Å². The number of benzene rings is 2. The van der Waals surface area contributed by atoms with Crippen molar-refractivity contribution in [3.8, 4) is 0 Å². The van der Waals surface area contributed by atoms with Crippen molar-refractivity contribution in [3.63, 3.8) is 0 Å². The summed E-state index contributed by atoms with van der Waals surface area (Å²) in [5.74, 6) is 0.273. The van der Waals surface area contributed by atoms with E-state index < -0.39 is 5.54 Å². The highest BCUT2D eigenvalue weighted by molar-refractivity contribution is 6.35. The third-order valence-electron chi connectivity index (χ3n) is 6.00. The average molecular weight is 383 g/mol. The van der Waals surface area contributed by atoms with Gasteiger partial charge in [0.1, 0.15) is 0 Å². The van der Waals surface area contributed by atoms with Gasteiger partial charge in [-0.3, -0.25) is 9.49 Å². The molecule has 2 atom stereocenters. The fourth-order valence-corrected chi connectivity index (χ4v) is 5.29. The smallest absolute Gasteiger partial charge is 0.302 e. The molecule has 2 unspecified atom stereocenters. The third kappa shape index (κ3) is 2.11. The highest BCUT2D eigenvalue weighted by Crippen LogP contribution is 2.59. The van der Waals surface area contributed by atoms with Gasteiger partial charge in [-0.2, -0.15) is 0 Å². The minimum atomic E-state index is -0.954. The Morgan fingerprint density at radius 2 is 1.85 bits per heavy atom. The molecule has 0 bridgehead atoms. The summed E-state index contributed by atoms with van der Waals surface area (Å²) in [6.45, 7) is 0. The standard InChI is InChI=1S/C21H16Cl2N2O/c22-15-9-14(10-16(23)11-15)20(26)21-8-7-13-6-5-12-3-1-2-4-17(12)18(13)19(21)25(21)24/h1-4,9-11,13H,5-8H2. The van der Waals surface area contributed by atoms with Crippen LogP contribution in [0.2, 0.25) is 10.0 Å². The first-order chi connectivity index (χ1) is 12.5. The third-order valence-corrected chi connectivity index (χ3v) is 6.44. The Labute approximate surface area is 161 Å². The summed E-state index contributed by atoms with van der Waals surface area (Å²) in [6.07, 6.45) is 3.63. The minimum Gasteiger partial charge on any atom is -0.499 e. The molecule has 1 fully saturated rings. The van der Waals surface area contributed by atoms with Crippen LogP contribution in [-0.4, -0.2) is 16.0 Å². The molecule has 0 saturated carbocycles. The fourth-order valence-electron chi connectivity index (χ4n) is 4.76. The van der Waals surface area contributed by atoms with Gasteiger partial charge in [0.2, 0.25) is 5.78 Å². The lowest BCUT2D eigenvalue weighted by molar-refractivity contribution is -0.381. The largest absolute Gasteiger partial charge is 0.499 e. The Morgan fingerprint density at radius 1 is 1.12 bits per heavy atom. The van der Waals surface area contributed by atoms with Gasteiger partial charge in [0.25, 0.3) is 5.70 Å². The summed E-state index contributed by atoms with van der Waals surface area (Å²) in [5.41, 5.74) is 14.6. The molecular weight excluding hydrogens is 367 g/mol. The number of hydrogen-bond donors (Lipinski definition) is 0. The highest BCUT2D eigenvalue weighted by Gasteiger charge is 2.73. The van der Waals surface area contributed by atoms with Crippen molar-refractivity contribution in [2.24, 2.45) is 5.92 Å². The summed E-state index contributed by atoms with van der Waals surface area (Å²) in [4.78, 5) is 13.3. The first kappa shape index (κ1) is 16.2. The van der Waals surface area contributed by atoms with E-state index in [1.54, 1.807) is 18.2 Å². The molecule has 0 aromatic heterocycles. The lowest BCUT2D eigenvalue weighted by Gasteiger charge is -2.28. The van der Waals surface area contributed by atoms with Crippen LogP contribution in [0.25, 0.3) is 11.1 Å². The number of ketones is 1. The maximum Gasteiger partial charge on any atom is 0.302 e. The maximum atomic E-state index is 13.3. The monoisotopic (exact) mass is 382 g/mol. The van der Waals surface area contributed by atoms with Crippen LogP contribution < -0.4 is 0 Å². The van der Waals surface area contributed by atoms with Crippen LogP contribution in [0.1, 0.15) is 40.7 Å². The van der Waals surface area contributed by atoms with Crippen LogP contribution in [0.4, 0.5) is 0 Å². The predicted molar refractivity (Wildman–Crippen MR) is 102 cm³/mol. The number of carbonyl (C=O) groups excluding carboxylic acids is 1. The predicted octanol–water partition coefficient (Wildman–Crippen LogP) is 5.73. The molecule has 3 nitrogen and oxygen atoms in total. The van der Waals surface area contributed by atoms with Crippen molar-refractivity contribution in [1.82, 2.24) is 0 Å². The zero-order chi connectivity index (χ0) is 18.1. The summed E-state index contributed by atoms with van der Waals surface area (Å²) >= 11 is 12.2. The Morgan fingerprint density at radius 3 is 2.62 bits per heavy atom. The molecule has 2 aromatic carbocycles. The quantitative estimate of drug-likeness (QED) is 0.371. The van der Waals surface area contributed by atoms with E-state index in [1.165, 1.54) is 15.8 Å². The second-order valence-corrected chi connectivity index (χ2v) is 8.23. The maximum absolute atomic E-state index is 13.3. The number of carbonyl (C=O) groups is 1. The second kappa shape index (κ2) is 5.51. The fraction of sp³-hybridized carbons (Fsp3) is 0.286. The van der Waals surface area contributed by atoms with Crippen molar-refractivity contribution >= 4 is 34.6 Å². The number of rotatable bonds is 2. The molecular formula is C21H16Cl2N2O. The second-order valence-electron chi connectivity index (χ2n) is 7.35. The zero-order valence-electron chi connectivity index (χ0n) is 14.0. The molecule has 0 radical (unpaired) electrons. The van der Waals surface area contributed by atoms with E-state index in [0.717, 1.165) is 30.5 Å². The molecule has 0 spiro atoms. The molecule has 2 aliphatic carbocycles. The lowest BCUT2D eigenvalue weighted by atomic mass is 9.71. The average Bonchev–Trinajstić information content (AvgIpc) is 3.26. The van der Waals surface area contributed by atoms with Gasteiger partial charge in [0, 0.05) is 27.6 Å². The molecule has 1 heterocycles. The van der Waals surface area contributed by atoms with Crippen LogP contribution in [0, 0.1) is 5.92 Å². The molecule has 130 valence electrons. The van der Waals surface area contributed by atoms with Crippen molar-refractivity contribution in [1.29, 1.82) is 0 Å². The first-order valence-corrected chi connectivity index (χ1v) is 9.61. The van der Waals surface area contributed by atoms with E-state index in [9.17, 15) is 10.3 Å². The van der Waals surface area contributed by atoms with Gasteiger partial charge in [0.05, 0.1) is 0 Å². The Bertz CT molecular complexity index is 1010. The van der Waals surface area contributed by atoms with Gasteiger partial charge in [0.15, 0.2) is 0 Å². The number of allylic oxidation sites excluding steroid dienone is 1. The summed E-state index contributed by atoms with van der Waals surface area (Å²) in [6, 6.07) is 13.2. The summed E-state index contributed by atoms with van der Waals surface area (Å²) < 4.78 is 1.18. The van der Waals surface area contributed by atoms with Crippen LogP contribution in [0.3, 0.4) is 0 Å². The van der Waals surface area contributed by atoms with E-state index in [-0.39, 0.29) is 5.78 Å². The molecule has 5 rings (SSSR count). The molecule has 2 aromatic rings. The first-order valence-electron chi connectivity index (χ1n) is 8.85. The van der Waals surface area contributed by atoms with E-state index in [1.807, 2.05) is 12.1 Å². The molecule has 1 aliphatic heterocycles. The summed E-state index contributed by atoms with van der Waals surface area (Å²) in [7, 11) is 0. The van der Waals surface area contributed by atoms with Crippen LogP contribution in [-0.2, 0) is 6.42 Å². The van der Waals surface area contributed by atoms with E-state index in [4.69, 9.17) is 23.2 Å². The molecule has 26 heavy (non-hydrogen) atoms. The molecule has 5 heteroatoms. The number of aryl methyl sites for hydroxylation is 1. The van der Waals surface area contributed by atoms with Gasteiger partial charge in [-0.05, 0) is 54.5 Å². The number of nitrogens with zero attached hydrogens (tertiary/aromatic N) is 2. The van der Waals surface area contributed by atoms with E-state index >= 15 is 0 Å². The van der Waals surface area contributed by atoms with Gasteiger partial charge < -0.3 is 5.53 Å². The number of halogens is 2. The van der Waals surface area contributed by atoms with Gasteiger partial charge in [-0.15, -0.1) is 0 Å². The van der Waals surface area contributed by atoms with Crippen molar-refractivity contribution in [2.75, 3.05) is 0 Å². The Hall–Kier alpha value is -1.97. The number of hydrogen-bond acceptors (Lipinski definition) is 1. The topological polar surface area (TPSA) is 42.4 Å². The molecule has 0 amide bonds. The van der Waals surface area contributed by atoms with E-state index in [2.05, 4.69) is 12.1 Å². The molecule has 1 saturated heterocycles. The van der Waals surface area contributed by atoms with Crippen LogP contribution in [0.5, 0.6) is 0 Å². The van der Waals surface area contributed by atoms with Crippen molar-refractivity contribution in [2.45, 2.75) is 31.2 Å². The Kier molecular flexibility index (Phi) is 3.44. The summed E-state index contributed by atoms with van der Waals surface area (Å²) in [5, 5.41) is 0.849. The van der Waals surface area contributed by atoms with Crippen LogP contribution in [0.15, 0.2) is 48.2 Å². The van der Waals surface area contributed by atoms with Crippen LogP contribution >= 0.6 is 23.2 Å². The van der Waals surface area contributed by atoms with Gasteiger partial charge >= 0.3 is 5.54 Å². The molecule has 0 N–H and O–H groups in total. The highest BCUT2D eigenvalue weighted by atomic mass is 35.5. The van der Waals surface area contributed by atoms with Gasteiger partial charge in [-0.25, -0.2) is 0 Å². The molecule has 3 aliphatic rings. The minimum absolute atomic E-state index is 0.131. The normalized spacial score (nSPS) is 26.1. The van der Waals surface area contributed by atoms with Crippen molar-refractivity contribution < 1.29 is 9.49 Å². The number of fused-ring (bicyclic) bond motifs is 4. The van der Waals surface area contributed by atoms with Crippen molar-refractivity contribution in [3.05, 3.63) is 80.4 Å². The van der Waals surface area contributed by atoms with Gasteiger partial charge in [-0.1, -0.05) is 47.5 Å². The SMILES string of the molecule is [N-]=[N+]1C2=C3c4ccccc4CCC3CCC21C(=O)c1cc(Cl)cc(Cl)c1. The Balaban J connectivity index is 1.66. The number of Topliss-reactive ketones (excluding diaryl/α,β-unsaturated/α-hetero) is 1. The lowest BCUT2D eigenvalue weighted by Crippen LogP contribution is -2.31.